The zero-order chi connectivity index (χ0) is 19.0. The second-order valence-corrected chi connectivity index (χ2v) is 6.80. The number of aliphatic carboxylic acids is 1. The van der Waals surface area contributed by atoms with Gasteiger partial charge in [0.2, 0.25) is 0 Å². The summed E-state index contributed by atoms with van der Waals surface area (Å²) in [5, 5.41) is 12.1. The number of rotatable bonds is 4. The van der Waals surface area contributed by atoms with Crippen LogP contribution in [0.1, 0.15) is 67.8 Å². The van der Waals surface area contributed by atoms with Crippen molar-refractivity contribution in [1.29, 1.82) is 0 Å². The summed E-state index contributed by atoms with van der Waals surface area (Å²) in [5.74, 6) is -1.29. The van der Waals surface area contributed by atoms with Crippen LogP contribution >= 0.6 is 0 Å². The molecule has 1 amide bonds. The highest BCUT2D eigenvalue weighted by Crippen LogP contribution is 2.29. The number of hydrogen-bond acceptors (Lipinski definition) is 4. The molecule has 2 aromatic rings. The molecule has 1 aliphatic rings. The summed E-state index contributed by atoms with van der Waals surface area (Å²) in [5.41, 5.74) is 3.27. The number of carbonyl (C=O) groups is 3. The van der Waals surface area contributed by atoms with Crippen LogP contribution in [-0.2, 0) is 11.2 Å². The zero-order valence-corrected chi connectivity index (χ0v) is 15.0. The first-order valence-corrected chi connectivity index (χ1v) is 8.55. The van der Waals surface area contributed by atoms with Crippen molar-refractivity contribution >= 4 is 17.7 Å². The van der Waals surface area contributed by atoms with Gasteiger partial charge in [0.15, 0.2) is 17.6 Å². The minimum absolute atomic E-state index is 0.0147. The quantitative estimate of drug-likeness (QED) is 0.877. The summed E-state index contributed by atoms with van der Waals surface area (Å²) < 4.78 is 5.61. The molecule has 0 saturated carbocycles. The van der Waals surface area contributed by atoms with Crippen molar-refractivity contribution in [2.75, 3.05) is 0 Å². The number of nitrogens with one attached hydrogen (secondary N) is 1. The molecule has 1 aromatic heterocycles. The first-order valence-electron chi connectivity index (χ1n) is 8.55. The number of Topliss-reactive ketones (excluding diaryl/α,β-unsaturated/α-hetero) is 1. The number of carbonyl (C=O) groups excluding carboxylic acids is 2. The van der Waals surface area contributed by atoms with Gasteiger partial charge in [0.25, 0.3) is 5.91 Å². The highest BCUT2D eigenvalue weighted by molar-refractivity contribution is 6.04. The first kappa shape index (κ1) is 17.9. The lowest BCUT2D eigenvalue weighted by Gasteiger charge is -2.16. The van der Waals surface area contributed by atoms with Gasteiger partial charge in [-0.15, -0.1) is 0 Å². The Labute approximate surface area is 151 Å². The molecule has 1 unspecified atom stereocenters. The van der Waals surface area contributed by atoms with Crippen molar-refractivity contribution in [3.05, 3.63) is 57.5 Å². The van der Waals surface area contributed by atoms with Crippen LogP contribution in [0.3, 0.4) is 0 Å². The third-order valence-corrected chi connectivity index (χ3v) is 4.61. The average molecular weight is 355 g/mol. The Kier molecular flexibility index (Phi) is 4.68. The van der Waals surface area contributed by atoms with Crippen LogP contribution in [0.25, 0.3) is 0 Å². The molecular formula is C20H21NO5. The maximum absolute atomic E-state index is 12.7. The molecule has 2 N–H and O–H groups in total. The molecule has 1 heterocycles. The average Bonchev–Trinajstić information content (AvgIpc) is 2.89. The SMILES string of the molecule is Cc1cc(C)cc(C(NC(=O)c2oc3c(c2C)C(=O)CCC3)C(=O)O)c1. The number of benzene rings is 1. The van der Waals surface area contributed by atoms with E-state index >= 15 is 0 Å². The Balaban J connectivity index is 1.92. The van der Waals surface area contributed by atoms with Crippen LogP contribution in [0, 0.1) is 20.8 Å². The van der Waals surface area contributed by atoms with E-state index in [0.717, 1.165) is 11.1 Å². The van der Waals surface area contributed by atoms with Crippen LogP contribution in [-0.4, -0.2) is 22.8 Å². The Morgan fingerprint density at radius 2 is 1.77 bits per heavy atom. The second-order valence-electron chi connectivity index (χ2n) is 6.80. The number of carboxylic acids is 1. The Morgan fingerprint density at radius 1 is 1.12 bits per heavy atom. The van der Waals surface area contributed by atoms with Gasteiger partial charge >= 0.3 is 5.97 Å². The first-order chi connectivity index (χ1) is 12.3. The minimum Gasteiger partial charge on any atom is -0.479 e. The largest absolute Gasteiger partial charge is 0.479 e. The molecule has 0 aliphatic heterocycles. The molecule has 26 heavy (non-hydrogen) atoms. The van der Waals surface area contributed by atoms with Crippen molar-refractivity contribution < 1.29 is 23.9 Å². The molecule has 1 aliphatic carbocycles. The van der Waals surface area contributed by atoms with E-state index < -0.39 is 17.9 Å². The monoisotopic (exact) mass is 355 g/mol. The molecule has 136 valence electrons. The van der Waals surface area contributed by atoms with Crippen LogP contribution in [0.2, 0.25) is 0 Å². The van der Waals surface area contributed by atoms with Crippen LogP contribution in [0.4, 0.5) is 0 Å². The predicted octanol–water partition coefficient (Wildman–Crippen LogP) is 3.28. The van der Waals surface area contributed by atoms with Crippen molar-refractivity contribution in [2.45, 2.75) is 46.1 Å². The fraction of sp³-hybridized carbons (Fsp3) is 0.350. The van der Waals surface area contributed by atoms with Crippen molar-refractivity contribution in [3.63, 3.8) is 0 Å². The summed E-state index contributed by atoms with van der Waals surface area (Å²) in [6.07, 6.45) is 1.74. The van der Waals surface area contributed by atoms with E-state index in [0.29, 0.717) is 41.7 Å². The molecule has 1 aromatic carbocycles. The van der Waals surface area contributed by atoms with E-state index in [1.165, 1.54) is 0 Å². The topological polar surface area (TPSA) is 96.6 Å². The Hall–Kier alpha value is -2.89. The lowest BCUT2D eigenvalue weighted by atomic mass is 9.94. The van der Waals surface area contributed by atoms with E-state index in [2.05, 4.69) is 5.32 Å². The summed E-state index contributed by atoms with van der Waals surface area (Å²) >= 11 is 0. The highest BCUT2D eigenvalue weighted by atomic mass is 16.4. The zero-order valence-electron chi connectivity index (χ0n) is 15.0. The molecule has 0 fully saturated rings. The number of carboxylic acid groups (broad SMARTS) is 1. The standard InChI is InChI=1S/C20H21NO5/c1-10-7-11(2)9-13(8-10)17(20(24)25)21-19(23)18-12(3)16-14(22)5-4-6-15(16)26-18/h7-9,17H,4-6H2,1-3H3,(H,21,23)(H,24,25). The van der Waals surface area contributed by atoms with E-state index in [4.69, 9.17) is 4.42 Å². The van der Waals surface area contributed by atoms with Gasteiger partial charge in [0, 0.05) is 18.4 Å². The smallest absolute Gasteiger partial charge is 0.330 e. The van der Waals surface area contributed by atoms with Gasteiger partial charge in [0.1, 0.15) is 5.76 Å². The van der Waals surface area contributed by atoms with E-state index in [9.17, 15) is 19.5 Å². The van der Waals surface area contributed by atoms with Crippen LogP contribution in [0.5, 0.6) is 0 Å². The third-order valence-electron chi connectivity index (χ3n) is 4.61. The lowest BCUT2D eigenvalue weighted by molar-refractivity contribution is -0.139. The molecule has 6 heteroatoms. The maximum atomic E-state index is 12.7. The normalized spacial score (nSPS) is 14.7. The number of aryl methyl sites for hydroxylation is 3. The fourth-order valence-electron chi connectivity index (χ4n) is 3.53. The molecule has 0 saturated heterocycles. The lowest BCUT2D eigenvalue weighted by Crippen LogP contribution is -2.34. The number of amides is 1. The number of ketones is 1. The number of furan rings is 1. The third kappa shape index (κ3) is 3.27. The molecular weight excluding hydrogens is 334 g/mol. The van der Waals surface area contributed by atoms with Gasteiger partial charge in [-0.3, -0.25) is 9.59 Å². The second kappa shape index (κ2) is 6.78. The van der Waals surface area contributed by atoms with Gasteiger partial charge in [-0.05, 0) is 32.8 Å². The molecule has 0 bridgehead atoms. The minimum atomic E-state index is -1.20. The van der Waals surface area contributed by atoms with Gasteiger partial charge in [-0.25, -0.2) is 4.79 Å². The maximum Gasteiger partial charge on any atom is 0.330 e. The van der Waals surface area contributed by atoms with Gasteiger partial charge < -0.3 is 14.8 Å². The van der Waals surface area contributed by atoms with E-state index in [1.54, 1.807) is 19.1 Å². The predicted molar refractivity (Wildman–Crippen MR) is 94.5 cm³/mol. The molecule has 0 radical (unpaired) electrons. The van der Waals surface area contributed by atoms with Gasteiger partial charge in [-0.1, -0.05) is 29.3 Å². The van der Waals surface area contributed by atoms with Gasteiger partial charge in [0.05, 0.1) is 5.56 Å². The molecule has 3 rings (SSSR count). The highest BCUT2D eigenvalue weighted by Gasteiger charge is 2.31. The van der Waals surface area contributed by atoms with Crippen LogP contribution in [0.15, 0.2) is 22.6 Å². The van der Waals surface area contributed by atoms with Crippen LogP contribution < -0.4 is 5.32 Å². The Morgan fingerprint density at radius 3 is 2.35 bits per heavy atom. The number of fused-ring (bicyclic) bond motifs is 1. The number of hydrogen-bond donors (Lipinski definition) is 2. The molecule has 1 atom stereocenters. The van der Waals surface area contributed by atoms with Crippen molar-refractivity contribution in [3.8, 4) is 0 Å². The fourth-order valence-corrected chi connectivity index (χ4v) is 3.53. The summed E-state index contributed by atoms with van der Waals surface area (Å²) in [7, 11) is 0. The molecule has 0 spiro atoms. The summed E-state index contributed by atoms with van der Waals surface area (Å²) in [6, 6.07) is 4.20. The van der Waals surface area contributed by atoms with E-state index in [-0.39, 0.29) is 11.5 Å². The van der Waals surface area contributed by atoms with Gasteiger partial charge in [-0.2, -0.15) is 0 Å². The summed E-state index contributed by atoms with van der Waals surface area (Å²) in [6.45, 7) is 5.40. The van der Waals surface area contributed by atoms with Crippen molar-refractivity contribution in [2.24, 2.45) is 0 Å². The van der Waals surface area contributed by atoms with Crippen molar-refractivity contribution in [1.82, 2.24) is 5.32 Å². The van der Waals surface area contributed by atoms with E-state index in [1.807, 2.05) is 19.9 Å². The molecule has 6 nitrogen and oxygen atoms in total. The summed E-state index contributed by atoms with van der Waals surface area (Å²) in [4.78, 5) is 36.5. The Bertz CT molecular complexity index is 889.